The molecule has 0 aliphatic carbocycles. The Hall–Kier alpha value is -0.920. The van der Waals surface area contributed by atoms with E-state index in [1.165, 1.54) is 0 Å². The Morgan fingerprint density at radius 2 is 1.87 bits per heavy atom. The van der Waals surface area contributed by atoms with Crippen molar-refractivity contribution in [1.29, 1.82) is 0 Å². The second-order valence-corrected chi connectivity index (χ2v) is 2.81. The SMILES string of the molecule is NCCN(CC(F)F)C(=O)CC(F)(F)F. The number of carbonyl (C=O) groups is 1. The van der Waals surface area contributed by atoms with Gasteiger partial charge in [0.05, 0.1) is 6.54 Å². The van der Waals surface area contributed by atoms with Gasteiger partial charge in [-0.3, -0.25) is 4.79 Å². The maximum absolute atomic E-state index is 11.9. The Bertz CT molecular complexity index is 206. The van der Waals surface area contributed by atoms with Crippen LogP contribution in [0.25, 0.3) is 0 Å². The number of amides is 1. The largest absolute Gasteiger partial charge is 0.397 e. The Balaban J connectivity index is 4.28. The molecule has 0 spiro atoms. The van der Waals surface area contributed by atoms with Crippen molar-refractivity contribution in [1.82, 2.24) is 4.90 Å². The van der Waals surface area contributed by atoms with Crippen molar-refractivity contribution in [3.63, 3.8) is 0 Å². The van der Waals surface area contributed by atoms with Crippen LogP contribution in [0.3, 0.4) is 0 Å². The highest BCUT2D eigenvalue weighted by Gasteiger charge is 2.33. The zero-order valence-corrected chi connectivity index (χ0v) is 7.73. The van der Waals surface area contributed by atoms with Crippen molar-refractivity contribution < 1.29 is 26.7 Å². The van der Waals surface area contributed by atoms with Crippen LogP contribution in [-0.2, 0) is 4.79 Å². The number of nitrogens with two attached hydrogens (primary N) is 1. The molecule has 90 valence electrons. The van der Waals surface area contributed by atoms with E-state index in [0.717, 1.165) is 0 Å². The van der Waals surface area contributed by atoms with Crippen LogP contribution in [0.4, 0.5) is 22.0 Å². The summed E-state index contributed by atoms with van der Waals surface area (Å²) in [6.45, 7) is -1.48. The third kappa shape index (κ3) is 7.06. The predicted octanol–water partition coefficient (Wildman–Crippen LogP) is 0.991. The first-order valence-corrected chi connectivity index (χ1v) is 4.09. The summed E-state index contributed by atoms with van der Waals surface area (Å²) in [5.74, 6) is -1.38. The van der Waals surface area contributed by atoms with Crippen molar-refractivity contribution in [3.05, 3.63) is 0 Å². The van der Waals surface area contributed by atoms with Gasteiger partial charge in [-0.1, -0.05) is 0 Å². The molecule has 0 heterocycles. The molecule has 2 N–H and O–H groups in total. The van der Waals surface area contributed by atoms with Gasteiger partial charge < -0.3 is 10.6 Å². The molecule has 0 saturated heterocycles. The first kappa shape index (κ1) is 14.1. The molecule has 0 aliphatic heterocycles. The molecule has 8 heteroatoms. The van der Waals surface area contributed by atoms with E-state index in [4.69, 9.17) is 5.73 Å². The molecule has 0 aromatic rings. The van der Waals surface area contributed by atoms with Gasteiger partial charge in [0.25, 0.3) is 6.43 Å². The Labute approximate surface area is 83.0 Å². The smallest absolute Gasteiger partial charge is 0.335 e. The first-order chi connectivity index (χ1) is 6.76. The molecule has 0 saturated carbocycles. The molecule has 0 rings (SSSR count). The molecule has 3 nitrogen and oxygen atoms in total. The summed E-state index contributed by atoms with van der Waals surface area (Å²) < 4.78 is 59.1. The van der Waals surface area contributed by atoms with Crippen LogP contribution in [0.2, 0.25) is 0 Å². The zero-order chi connectivity index (χ0) is 12.1. The number of rotatable bonds is 5. The second-order valence-electron chi connectivity index (χ2n) is 2.81. The fourth-order valence-electron chi connectivity index (χ4n) is 0.924. The lowest BCUT2D eigenvalue weighted by atomic mass is 10.3. The highest BCUT2D eigenvalue weighted by molar-refractivity contribution is 5.76. The van der Waals surface area contributed by atoms with Crippen molar-refractivity contribution in [2.24, 2.45) is 5.73 Å². The minimum atomic E-state index is -4.69. The fraction of sp³-hybridized carbons (Fsp3) is 0.857. The van der Waals surface area contributed by atoms with E-state index < -0.39 is 31.5 Å². The van der Waals surface area contributed by atoms with Crippen LogP contribution < -0.4 is 5.73 Å². The zero-order valence-electron chi connectivity index (χ0n) is 7.73. The van der Waals surface area contributed by atoms with Crippen molar-refractivity contribution in [3.8, 4) is 0 Å². The van der Waals surface area contributed by atoms with E-state index in [0.29, 0.717) is 4.90 Å². The van der Waals surface area contributed by atoms with Gasteiger partial charge in [0.1, 0.15) is 6.42 Å². The highest BCUT2D eigenvalue weighted by Crippen LogP contribution is 2.20. The van der Waals surface area contributed by atoms with Crippen LogP contribution in [0.5, 0.6) is 0 Å². The van der Waals surface area contributed by atoms with Crippen LogP contribution in [-0.4, -0.2) is 43.0 Å². The quantitative estimate of drug-likeness (QED) is 0.721. The van der Waals surface area contributed by atoms with Gasteiger partial charge in [-0.25, -0.2) is 8.78 Å². The molecular formula is C7H11F5N2O. The molecule has 1 amide bonds. The third-order valence-electron chi connectivity index (χ3n) is 1.46. The summed E-state index contributed by atoms with van der Waals surface area (Å²) in [4.78, 5) is 11.3. The lowest BCUT2D eigenvalue weighted by molar-refractivity contribution is -0.162. The van der Waals surface area contributed by atoms with E-state index in [1.54, 1.807) is 0 Å². The average Bonchev–Trinajstić information content (AvgIpc) is 1.99. The van der Waals surface area contributed by atoms with Crippen LogP contribution >= 0.6 is 0 Å². The highest BCUT2D eigenvalue weighted by atomic mass is 19.4. The van der Waals surface area contributed by atoms with Gasteiger partial charge in [0, 0.05) is 13.1 Å². The van der Waals surface area contributed by atoms with E-state index in [9.17, 15) is 26.7 Å². The summed E-state index contributed by atoms with van der Waals surface area (Å²) in [5.41, 5.74) is 4.99. The monoisotopic (exact) mass is 234 g/mol. The first-order valence-electron chi connectivity index (χ1n) is 4.09. The predicted molar refractivity (Wildman–Crippen MR) is 42.3 cm³/mol. The molecule has 0 atom stereocenters. The van der Waals surface area contributed by atoms with Gasteiger partial charge in [0.15, 0.2) is 0 Å². The molecule has 0 radical (unpaired) electrons. The Morgan fingerprint density at radius 3 is 2.20 bits per heavy atom. The molecule has 0 aromatic heterocycles. The summed E-state index contributed by atoms with van der Waals surface area (Å²) in [5, 5.41) is 0. The van der Waals surface area contributed by atoms with E-state index >= 15 is 0 Å². The molecular weight excluding hydrogens is 223 g/mol. The number of halogens is 5. The van der Waals surface area contributed by atoms with Crippen LogP contribution in [0.1, 0.15) is 6.42 Å². The third-order valence-corrected chi connectivity index (χ3v) is 1.46. The lowest BCUT2D eigenvalue weighted by Gasteiger charge is -2.22. The van der Waals surface area contributed by atoms with Gasteiger partial charge >= 0.3 is 6.18 Å². The molecule has 0 unspecified atom stereocenters. The normalized spacial score (nSPS) is 11.9. The number of nitrogens with zero attached hydrogens (tertiary/aromatic N) is 1. The topological polar surface area (TPSA) is 46.3 Å². The van der Waals surface area contributed by atoms with Crippen LogP contribution in [0, 0.1) is 0 Å². The van der Waals surface area contributed by atoms with Gasteiger partial charge in [-0.2, -0.15) is 13.2 Å². The maximum atomic E-state index is 11.9. The van der Waals surface area contributed by atoms with E-state index in [2.05, 4.69) is 0 Å². The van der Waals surface area contributed by atoms with Crippen LogP contribution in [0.15, 0.2) is 0 Å². The summed E-state index contributed by atoms with van der Waals surface area (Å²) >= 11 is 0. The summed E-state index contributed by atoms with van der Waals surface area (Å²) in [6.07, 6.45) is -9.29. The molecule has 0 aliphatic rings. The minimum absolute atomic E-state index is 0.156. The lowest BCUT2D eigenvalue weighted by Crippen LogP contribution is -2.40. The standard InChI is InChI=1S/C7H11F5N2O/c8-5(9)4-14(2-1-13)6(15)3-7(10,11)12/h5H,1-4,13H2. The number of hydrogen-bond acceptors (Lipinski definition) is 2. The number of hydrogen-bond donors (Lipinski definition) is 1. The Morgan fingerprint density at radius 1 is 1.33 bits per heavy atom. The molecule has 0 fully saturated rings. The van der Waals surface area contributed by atoms with Gasteiger partial charge in [-0.15, -0.1) is 0 Å². The molecule has 15 heavy (non-hydrogen) atoms. The van der Waals surface area contributed by atoms with Crippen molar-refractivity contribution in [2.75, 3.05) is 19.6 Å². The minimum Gasteiger partial charge on any atom is -0.335 e. The second kappa shape index (κ2) is 5.84. The molecule has 0 bridgehead atoms. The van der Waals surface area contributed by atoms with Gasteiger partial charge in [0.2, 0.25) is 5.91 Å². The van der Waals surface area contributed by atoms with E-state index in [-0.39, 0.29) is 13.1 Å². The molecule has 0 aromatic carbocycles. The van der Waals surface area contributed by atoms with Crippen molar-refractivity contribution >= 4 is 5.91 Å². The van der Waals surface area contributed by atoms with Crippen molar-refractivity contribution in [2.45, 2.75) is 19.0 Å². The summed E-state index contributed by atoms with van der Waals surface area (Å²) in [7, 11) is 0. The number of alkyl halides is 5. The average molecular weight is 234 g/mol. The fourth-order valence-corrected chi connectivity index (χ4v) is 0.924. The Kier molecular flexibility index (Phi) is 5.48. The number of carbonyl (C=O) groups excluding carboxylic acids is 1. The summed E-state index contributed by atoms with van der Waals surface area (Å²) in [6, 6.07) is 0. The van der Waals surface area contributed by atoms with Gasteiger partial charge in [-0.05, 0) is 0 Å². The van der Waals surface area contributed by atoms with E-state index in [1.807, 2.05) is 0 Å². The maximum Gasteiger partial charge on any atom is 0.397 e.